The van der Waals surface area contributed by atoms with Crippen molar-refractivity contribution in [2.45, 2.75) is 57.8 Å². The minimum absolute atomic E-state index is 0.154. The standard InChI is InChI=1S/C24H29N5O2/c1-13-14(2)31-12-15-5-8-20(29-22(13)15)28-21-9-17-18(10-26-21)23(30-4)27-11-19(17)24(3,25)16-6-7-16/h5,8-11,13-14,16H,6-7,12,25H2,1-4H3,(H,26,28,29)/t13-,14-,24-/m0/s1. The molecule has 1 aliphatic heterocycles. The highest BCUT2D eigenvalue weighted by Crippen LogP contribution is 2.46. The van der Waals surface area contributed by atoms with E-state index in [1.807, 2.05) is 18.3 Å². The fraction of sp³-hybridized carbons (Fsp3) is 0.458. The van der Waals surface area contributed by atoms with Crippen molar-refractivity contribution in [3.05, 3.63) is 47.4 Å². The number of methoxy groups -OCH3 is 1. The van der Waals surface area contributed by atoms with Gasteiger partial charge in [-0.25, -0.2) is 15.0 Å². The highest BCUT2D eigenvalue weighted by molar-refractivity contribution is 5.91. The molecule has 162 valence electrons. The van der Waals surface area contributed by atoms with Crippen LogP contribution in [0.4, 0.5) is 11.6 Å². The second-order valence-electron chi connectivity index (χ2n) is 9.02. The zero-order valence-corrected chi connectivity index (χ0v) is 18.5. The van der Waals surface area contributed by atoms with Gasteiger partial charge in [-0.1, -0.05) is 13.0 Å². The van der Waals surface area contributed by atoms with Gasteiger partial charge in [0.05, 0.1) is 30.9 Å². The first kappa shape index (κ1) is 20.2. The van der Waals surface area contributed by atoms with Crippen LogP contribution in [0.25, 0.3) is 10.8 Å². The first-order valence-electron chi connectivity index (χ1n) is 10.9. The number of aromatic nitrogens is 3. The average molecular weight is 420 g/mol. The fourth-order valence-electron chi connectivity index (χ4n) is 4.48. The molecule has 0 radical (unpaired) electrons. The maximum absolute atomic E-state index is 6.76. The van der Waals surface area contributed by atoms with Gasteiger partial charge in [0.15, 0.2) is 0 Å². The number of pyridine rings is 3. The van der Waals surface area contributed by atoms with Gasteiger partial charge >= 0.3 is 0 Å². The van der Waals surface area contributed by atoms with Crippen LogP contribution >= 0.6 is 0 Å². The summed E-state index contributed by atoms with van der Waals surface area (Å²) < 4.78 is 11.3. The maximum Gasteiger partial charge on any atom is 0.222 e. The lowest BCUT2D eigenvalue weighted by molar-refractivity contribution is 0.0226. The molecule has 0 amide bonds. The van der Waals surface area contributed by atoms with Crippen LogP contribution in [0.1, 0.15) is 56.4 Å². The quantitative estimate of drug-likeness (QED) is 0.633. The number of nitrogens with one attached hydrogen (secondary N) is 1. The Hall–Kier alpha value is -2.77. The Kier molecular flexibility index (Phi) is 4.83. The van der Waals surface area contributed by atoms with Crippen molar-refractivity contribution in [3.8, 4) is 5.88 Å². The van der Waals surface area contributed by atoms with Crippen LogP contribution in [-0.2, 0) is 16.9 Å². The third kappa shape index (κ3) is 3.51. The van der Waals surface area contributed by atoms with Gasteiger partial charge in [0.2, 0.25) is 5.88 Å². The molecule has 3 atom stereocenters. The van der Waals surface area contributed by atoms with E-state index < -0.39 is 5.54 Å². The second-order valence-corrected chi connectivity index (χ2v) is 9.02. The Labute approximate surface area is 182 Å². The topological polar surface area (TPSA) is 95.2 Å². The summed E-state index contributed by atoms with van der Waals surface area (Å²) in [6, 6.07) is 6.08. The van der Waals surface area contributed by atoms with Gasteiger partial charge in [-0.2, -0.15) is 0 Å². The predicted molar refractivity (Wildman–Crippen MR) is 121 cm³/mol. The van der Waals surface area contributed by atoms with Gasteiger partial charge in [0.25, 0.3) is 0 Å². The van der Waals surface area contributed by atoms with E-state index in [2.05, 4.69) is 42.1 Å². The first-order valence-corrected chi connectivity index (χ1v) is 10.9. The number of rotatable bonds is 5. The number of nitrogens with zero attached hydrogens (tertiary/aromatic N) is 3. The molecule has 1 aliphatic carbocycles. The van der Waals surface area contributed by atoms with Gasteiger partial charge in [0.1, 0.15) is 11.6 Å². The van der Waals surface area contributed by atoms with Crippen LogP contribution in [0.2, 0.25) is 0 Å². The van der Waals surface area contributed by atoms with Crippen molar-refractivity contribution in [3.63, 3.8) is 0 Å². The number of hydrogen-bond acceptors (Lipinski definition) is 7. The van der Waals surface area contributed by atoms with Gasteiger partial charge in [-0.3, -0.25) is 0 Å². The molecule has 7 nitrogen and oxygen atoms in total. The van der Waals surface area contributed by atoms with Crippen LogP contribution in [0.15, 0.2) is 30.6 Å². The third-order valence-electron chi connectivity index (χ3n) is 6.84. The van der Waals surface area contributed by atoms with E-state index in [1.165, 1.54) is 0 Å². The number of anilines is 2. The van der Waals surface area contributed by atoms with E-state index in [9.17, 15) is 0 Å². The third-order valence-corrected chi connectivity index (χ3v) is 6.84. The monoisotopic (exact) mass is 419 g/mol. The fourth-order valence-corrected chi connectivity index (χ4v) is 4.48. The molecule has 3 aromatic heterocycles. The van der Waals surface area contributed by atoms with Gasteiger partial charge < -0.3 is 20.5 Å². The molecule has 31 heavy (non-hydrogen) atoms. The predicted octanol–water partition coefficient (Wildman–Crippen LogP) is 4.38. The SMILES string of the molecule is COc1ncc([C@@](C)(N)C2CC2)c2cc(Nc3ccc4c(n3)[C@@H](C)[C@H](C)OC4)ncc12. The lowest BCUT2D eigenvalue weighted by Gasteiger charge is -2.28. The van der Waals surface area contributed by atoms with Crippen molar-refractivity contribution < 1.29 is 9.47 Å². The van der Waals surface area contributed by atoms with Gasteiger partial charge in [0, 0.05) is 23.9 Å². The van der Waals surface area contributed by atoms with Crippen molar-refractivity contribution in [1.82, 2.24) is 15.0 Å². The van der Waals surface area contributed by atoms with E-state index >= 15 is 0 Å². The second kappa shape index (κ2) is 7.43. The maximum atomic E-state index is 6.76. The van der Waals surface area contributed by atoms with Crippen molar-refractivity contribution in [1.29, 1.82) is 0 Å². The Balaban J connectivity index is 1.54. The molecule has 1 saturated carbocycles. The average Bonchev–Trinajstić information content (AvgIpc) is 3.62. The Morgan fingerprint density at radius 1 is 1.13 bits per heavy atom. The van der Waals surface area contributed by atoms with E-state index in [4.69, 9.17) is 20.2 Å². The number of fused-ring (bicyclic) bond motifs is 2. The molecule has 0 spiro atoms. The molecular weight excluding hydrogens is 390 g/mol. The molecule has 4 heterocycles. The molecular formula is C24H29N5O2. The summed E-state index contributed by atoms with van der Waals surface area (Å²) in [6.07, 6.45) is 6.10. The minimum atomic E-state index is -0.439. The summed E-state index contributed by atoms with van der Waals surface area (Å²) in [5.74, 6) is 2.76. The van der Waals surface area contributed by atoms with Crippen molar-refractivity contribution >= 4 is 22.4 Å². The van der Waals surface area contributed by atoms with E-state index in [0.717, 1.165) is 46.3 Å². The molecule has 0 aromatic carbocycles. The molecule has 0 saturated heterocycles. The normalized spacial score (nSPS) is 22.6. The zero-order valence-electron chi connectivity index (χ0n) is 18.5. The molecule has 0 unspecified atom stereocenters. The summed E-state index contributed by atoms with van der Waals surface area (Å²) in [4.78, 5) is 14.0. The number of nitrogens with two attached hydrogens (primary N) is 1. The summed E-state index contributed by atoms with van der Waals surface area (Å²) in [6.45, 7) is 6.94. The van der Waals surface area contributed by atoms with Crippen LogP contribution < -0.4 is 15.8 Å². The summed E-state index contributed by atoms with van der Waals surface area (Å²) in [7, 11) is 1.62. The highest BCUT2D eigenvalue weighted by Gasteiger charge is 2.41. The van der Waals surface area contributed by atoms with Gasteiger partial charge in [-0.15, -0.1) is 0 Å². The first-order chi connectivity index (χ1) is 14.9. The lowest BCUT2D eigenvalue weighted by Crippen LogP contribution is -2.35. The molecule has 7 heteroatoms. The Morgan fingerprint density at radius 3 is 2.68 bits per heavy atom. The van der Waals surface area contributed by atoms with Crippen LogP contribution in [0, 0.1) is 5.92 Å². The lowest BCUT2D eigenvalue weighted by atomic mass is 9.86. The number of ether oxygens (including phenoxy) is 2. The van der Waals surface area contributed by atoms with Crippen LogP contribution in [0.3, 0.4) is 0 Å². The van der Waals surface area contributed by atoms with Gasteiger partial charge in [-0.05, 0) is 61.3 Å². The van der Waals surface area contributed by atoms with E-state index in [1.54, 1.807) is 13.3 Å². The number of hydrogen-bond donors (Lipinski definition) is 2. The molecule has 5 rings (SSSR count). The molecule has 2 aliphatic rings. The highest BCUT2D eigenvalue weighted by atomic mass is 16.5. The Morgan fingerprint density at radius 2 is 1.94 bits per heavy atom. The zero-order chi connectivity index (χ0) is 21.8. The van der Waals surface area contributed by atoms with E-state index in [-0.39, 0.29) is 12.0 Å². The Bertz CT molecular complexity index is 1140. The largest absolute Gasteiger partial charge is 0.481 e. The molecule has 3 aromatic rings. The summed E-state index contributed by atoms with van der Waals surface area (Å²) >= 11 is 0. The van der Waals surface area contributed by atoms with Crippen molar-refractivity contribution in [2.24, 2.45) is 11.7 Å². The minimum Gasteiger partial charge on any atom is -0.481 e. The van der Waals surface area contributed by atoms with Crippen LogP contribution in [0.5, 0.6) is 5.88 Å². The van der Waals surface area contributed by atoms with E-state index in [0.29, 0.717) is 24.2 Å². The molecule has 0 bridgehead atoms. The van der Waals surface area contributed by atoms with Crippen LogP contribution in [-0.4, -0.2) is 28.2 Å². The molecule has 3 N–H and O–H groups in total. The van der Waals surface area contributed by atoms with Crippen molar-refractivity contribution in [2.75, 3.05) is 12.4 Å². The summed E-state index contributed by atoms with van der Waals surface area (Å²) in [5, 5.41) is 5.25. The smallest absolute Gasteiger partial charge is 0.222 e. The summed E-state index contributed by atoms with van der Waals surface area (Å²) in [5.41, 5.74) is 9.57. The molecule has 1 fully saturated rings.